The summed E-state index contributed by atoms with van der Waals surface area (Å²) in [7, 11) is 0. The first-order valence-electron chi connectivity index (χ1n) is 21.0. The molecule has 5 heteroatoms. The zero-order valence-corrected chi connectivity index (χ0v) is 34.9. The molecule has 2 aliphatic heterocycles. The van der Waals surface area contributed by atoms with Crippen LogP contribution in [0.25, 0.3) is 33.4 Å². The molecule has 0 spiro atoms. The molecule has 5 nitrogen and oxygen atoms in total. The highest BCUT2D eigenvalue weighted by Gasteiger charge is 2.41. The van der Waals surface area contributed by atoms with Crippen molar-refractivity contribution in [3.8, 4) is 45.5 Å². The molecule has 62 heavy (non-hydrogen) atoms. The second kappa shape index (κ2) is 13.5. The van der Waals surface area contributed by atoms with Crippen LogP contribution in [0.3, 0.4) is 0 Å². The molecule has 294 valence electrons. The van der Waals surface area contributed by atoms with E-state index in [1.807, 2.05) is 48.5 Å². The van der Waals surface area contributed by atoms with E-state index in [9.17, 15) is 10.5 Å². The van der Waals surface area contributed by atoms with E-state index in [4.69, 9.17) is 0 Å². The van der Waals surface area contributed by atoms with Crippen LogP contribution in [-0.4, -0.2) is 5.78 Å². The molecule has 0 atom stereocenters. The number of nitrogens with zero attached hydrogens (tertiary/aromatic N) is 4. The first-order valence-corrected chi connectivity index (χ1v) is 21.0. The maximum absolute atomic E-state index is 15.1. The van der Waals surface area contributed by atoms with Gasteiger partial charge in [0.15, 0.2) is 5.78 Å². The summed E-state index contributed by atoms with van der Waals surface area (Å²) in [4.78, 5) is 19.8. The third kappa shape index (κ3) is 5.29. The molecule has 0 radical (unpaired) electrons. The lowest BCUT2D eigenvalue weighted by atomic mass is 9.73. The van der Waals surface area contributed by atoms with E-state index in [2.05, 4.69) is 171 Å². The van der Waals surface area contributed by atoms with Gasteiger partial charge in [-0.1, -0.05) is 125 Å². The molecule has 0 saturated heterocycles. The lowest BCUT2D eigenvalue weighted by molar-refractivity contribution is 0.104. The largest absolute Gasteiger partial charge is 0.309 e. The third-order valence-electron chi connectivity index (χ3n) is 13.5. The Balaban J connectivity index is 1.21. The number of anilines is 6. The number of ketones is 1. The minimum Gasteiger partial charge on any atom is -0.309 e. The Bertz CT molecular complexity index is 2970. The van der Waals surface area contributed by atoms with Gasteiger partial charge in [0.05, 0.1) is 57.4 Å². The van der Waals surface area contributed by atoms with Crippen molar-refractivity contribution in [1.82, 2.24) is 0 Å². The van der Waals surface area contributed by atoms with E-state index >= 15 is 4.79 Å². The normalized spacial score (nSPS) is 14.6. The Morgan fingerprint density at radius 1 is 0.371 bits per heavy atom. The monoisotopic (exact) mass is 796 g/mol. The predicted molar refractivity (Wildman–Crippen MR) is 249 cm³/mol. The fraction of sp³-hybridized carbons (Fsp3) is 0.105. The van der Waals surface area contributed by atoms with Crippen LogP contribution in [0.4, 0.5) is 34.1 Å². The van der Waals surface area contributed by atoms with Crippen LogP contribution in [0, 0.1) is 22.7 Å². The standard InChI is InChI=1S/C57H40N4O/c1-56(2)45-13-5-9-17-49(45)60(50-18-10-6-14-46(50)56)53-31-41-42-32-54(61-51-19-11-7-15-47(51)57(3,4)48-16-8-12-20-52(48)61)40(38-27-23-36(34-59)24-28-38)30-44(42)55(62)43(41)29-39(53)37-25-21-35(33-58)22-26-37/h5-32H,1-4H3. The van der Waals surface area contributed by atoms with E-state index in [1.54, 1.807) is 0 Å². The van der Waals surface area contributed by atoms with Crippen LogP contribution < -0.4 is 9.80 Å². The lowest BCUT2D eigenvalue weighted by Gasteiger charge is -2.43. The van der Waals surface area contributed by atoms with E-state index in [1.165, 1.54) is 22.3 Å². The molecule has 3 aliphatic rings. The van der Waals surface area contributed by atoms with Crippen LogP contribution >= 0.6 is 0 Å². The molecule has 0 N–H and O–H groups in total. The molecule has 0 aromatic heterocycles. The third-order valence-corrected chi connectivity index (χ3v) is 13.5. The van der Waals surface area contributed by atoms with Crippen molar-refractivity contribution in [3.63, 3.8) is 0 Å². The van der Waals surface area contributed by atoms with Gasteiger partial charge in [0.1, 0.15) is 0 Å². The van der Waals surface area contributed by atoms with Gasteiger partial charge in [-0.25, -0.2) is 0 Å². The molecule has 2 heterocycles. The van der Waals surface area contributed by atoms with Crippen LogP contribution in [0.15, 0.2) is 170 Å². The molecule has 0 saturated carbocycles. The molecular weight excluding hydrogens is 757 g/mol. The van der Waals surface area contributed by atoms with Crippen LogP contribution in [0.1, 0.15) is 77.0 Å². The number of benzene rings is 8. The van der Waals surface area contributed by atoms with Gasteiger partial charge in [0, 0.05) is 33.1 Å². The summed E-state index contributed by atoms with van der Waals surface area (Å²) >= 11 is 0. The van der Waals surface area contributed by atoms with Crippen LogP contribution in [0.2, 0.25) is 0 Å². The van der Waals surface area contributed by atoms with Gasteiger partial charge < -0.3 is 9.80 Å². The minimum absolute atomic E-state index is 0.0426. The maximum Gasteiger partial charge on any atom is 0.194 e. The fourth-order valence-corrected chi connectivity index (χ4v) is 10.3. The summed E-state index contributed by atoms with van der Waals surface area (Å²) in [6.45, 7) is 9.14. The van der Waals surface area contributed by atoms with E-state index in [-0.39, 0.29) is 16.6 Å². The second-order valence-electron chi connectivity index (χ2n) is 17.5. The molecule has 1 aliphatic carbocycles. The van der Waals surface area contributed by atoms with Crippen molar-refractivity contribution < 1.29 is 4.79 Å². The summed E-state index contributed by atoms with van der Waals surface area (Å²) in [6, 6.07) is 62.8. The lowest BCUT2D eigenvalue weighted by Crippen LogP contribution is -2.30. The number of hydrogen-bond donors (Lipinski definition) is 0. The van der Waals surface area contributed by atoms with Crippen LogP contribution in [-0.2, 0) is 10.8 Å². The van der Waals surface area contributed by atoms with Crippen molar-refractivity contribution in [2.24, 2.45) is 0 Å². The Morgan fingerprint density at radius 2 is 0.677 bits per heavy atom. The topological polar surface area (TPSA) is 71.1 Å². The number of rotatable bonds is 4. The van der Waals surface area contributed by atoms with E-state index in [0.717, 1.165) is 67.5 Å². The SMILES string of the molecule is CC1(C)c2ccccc2N(c2cc3c(cc2-c2ccc(C#N)cc2)C(=O)c2cc(-c4ccc(C#N)cc4)c(N4c5ccccc5C(C)(C)c5ccccc54)cc2-3)c2ccccc21. The Labute approximate surface area is 362 Å². The van der Waals surface area contributed by atoms with E-state index < -0.39 is 0 Å². The van der Waals surface area contributed by atoms with Gasteiger partial charge in [-0.2, -0.15) is 10.5 Å². The van der Waals surface area contributed by atoms with Crippen molar-refractivity contribution in [1.29, 1.82) is 10.5 Å². The molecule has 8 aromatic rings. The highest BCUT2D eigenvalue weighted by molar-refractivity contribution is 6.24. The van der Waals surface area contributed by atoms with Crippen molar-refractivity contribution >= 4 is 39.9 Å². The Morgan fingerprint density at radius 3 is 0.984 bits per heavy atom. The van der Waals surface area contributed by atoms with E-state index in [0.29, 0.717) is 22.3 Å². The van der Waals surface area contributed by atoms with Crippen LogP contribution in [0.5, 0.6) is 0 Å². The quantitative estimate of drug-likeness (QED) is 0.177. The Hall–Kier alpha value is -7.99. The van der Waals surface area contributed by atoms with Gasteiger partial charge in [0.25, 0.3) is 0 Å². The summed E-state index contributed by atoms with van der Waals surface area (Å²) in [5.74, 6) is -0.0426. The molecule has 0 fully saturated rings. The van der Waals surface area contributed by atoms with Gasteiger partial charge in [-0.15, -0.1) is 0 Å². The molecule has 0 bridgehead atoms. The number of carbonyl (C=O) groups excluding carboxylic acids is 1. The number of para-hydroxylation sites is 4. The highest BCUT2D eigenvalue weighted by Crippen LogP contribution is 2.58. The van der Waals surface area contributed by atoms with Crippen molar-refractivity contribution in [3.05, 3.63) is 214 Å². The molecule has 0 amide bonds. The Kier molecular flexibility index (Phi) is 8.07. The van der Waals surface area contributed by atoms with Gasteiger partial charge in [0.2, 0.25) is 0 Å². The molecule has 8 aromatic carbocycles. The average Bonchev–Trinajstić information content (AvgIpc) is 3.57. The minimum atomic E-state index is -0.260. The summed E-state index contributed by atoms with van der Waals surface area (Å²) < 4.78 is 0. The fourth-order valence-electron chi connectivity index (χ4n) is 10.3. The molecular formula is C57H40N4O. The zero-order chi connectivity index (χ0) is 42.5. The number of carbonyl (C=O) groups is 1. The van der Waals surface area contributed by atoms with Crippen molar-refractivity contribution in [2.45, 2.75) is 38.5 Å². The predicted octanol–water partition coefficient (Wildman–Crippen LogP) is 14.2. The highest BCUT2D eigenvalue weighted by atomic mass is 16.1. The zero-order valence-electron chi connectivity index (χ0n) is 34.9. The summed E-state index contributed by atoms with van der Waals surface area (Å²) in [6.07, 6.45) is 0. The van der Waals surface area contributed by atoms with Gasteiger partial charge in [-0.3, -0.25) is 4.79 Å². The molecule has 11 rings (SSSR count). The smallest absolute Gasteiger partial charge is 0.194 e. The summed E-state index contributed by atoms with van der Waals surface area (Å²) in [5.41, 5.74) is 18.3. The van der Waals surface area contributed by atoms with Gasteiger partial charge >= 0.3 is 0 Å². The number of fused-ring (bicyclic) bond motifs is 7. The average molecular weight is 797 g/mol. The second-order valence-corrected chi connectivity index (χ2v) is 17.5. The first kappa shape index (κ1) is 37.0. The number of nitriles is 2. The summed E-state index contributed by atoms with van der Waals surface area (Å²) in [5, 5.41) is 19.5. The van der Waals surface area contributed by atoms with Crippen molar-refractivity contribution in [2.75, 3.05) is 9.80 Å². The maximum atomic E-state index is 15.1. The molecule has 0 unspecified atom stereocenters. The first-order chi connectivity index (χ1) is 30.1. The van der Waals surface area contributed by atoms with Gasteiger partial charge in [-0.05, 0) is 117 Å². The number of hydrogen-bond acceptors (Lipinski definition) is 5.